The average molecular weight is 233 g/mol. The van der Waals surface area contributed by atoms with Crippen molar-refractivity contribution < 1.29 is 5.11 Å². The standard InChI is InChI=1S/C13H19N3O/c1-9-4-5-12(11(7-9)13(14)15)16-6-2-3-10(16)8-17/h4-5,7,10,17H,2-3,6,8H2,1H3,(H3,14,15). The molecular weight excluding hydrogens is 214 g/mol. The third-order valence-electron chi connectivity index (χ3n) is 3.34. The summed E-state index contributed by atoms with van der Waals surface area (Å²) in [5, 5.41) is 17.0. The van der Waals surface area contributed by atoms with E-state index in [-0.39, 0.29) is 18.5 Å². The van der Waals surface area contributed by atoms with Gasteiger partial charge in [0, 0.05) is 17.8 Å². The van der Waals surface area contributed by atoms with Gasteiger partial charge in [-0.3, -0.25) is 5.41 Å². The third kappa shape index (κ3) is 2.26. The number of nitrogen functional groups attached to an aromatic ring is 1. The Hall–Kier alpha value is -1.55. The zero-order chi connectivity index (χ0) is 12.4. The van der Waals surface area contributed by atoms with E-state index >= 15 is 0 Å². The van der Waals surface area contributed by atoms with Crippen LogP contribution >= 0.6 is 0 Å². The lowest BCUT2D eigenvalue weighted by Gasteiger charge is -2.27. The van der Waals surface area contributed by atoms with Gasteiger partial charge in [-0.1, -0.05) is 11.6 Å². The molecule has 1 aromatic rings. The molecule has 0 saturated carbocycles. The molecule has 0 radical (unpaired) electrons. The number of hydrogen-bond acceptors (Lipinski definition) is 3. The van der Waals surface area contributed by atoms with Crippen LogP contribution in [0.4, 0.5) is 5.69 Å². The second-order valence-electron chi connectivity index (χ2n) is 4.61. The van der Waals surface area contributed by atoms with E-state index in [9.17, 15) is 5.11 Å². The van der Waals surface area contributed by atoms with E-state index in [1.54, 1.807) is 0 Å². The minimum atomic E-state index is 0.0901. The van der Waals surface area contributed by atoms with Crippen molar-refractivity contribution >= 4 is 11.5 Å². The minimum Gasteiger partial charge on any atom is -0.394 e. The van der Waals surface area contributed by atoms with Crippen molar-refractivity contribution in [3.8, 4) is 0 Å². The van der Waals surface area contributed by atoms with Gasteiger partial charge < -0.3 is 15.7 Å². The number of aliphatic hydroxyl groups is 1. The molecule has 1 aliphatic rings. The van der Waals surface area contributed by atoms with E-state index in [0.29, 0.717) is 0 Å². The summed E-state index contributed by atoms with van der Waals surface area (Å²) >= 11 is 0. The van der Waals surface area contributed by atoms with Crippen molar-refractivity contribution in [1.29, 1.82) is 5.41 Å². The molecule has 0 spiro atoms. The predicted molar refractivity (Wildman–Crippen MR) is 69.6 cm³/mol. The summed E-state index contributed by atoms with van der Waals surface area (Å²) in [4.78, 5) is 2.16. The van der Waals surface area contributed by atoms with Crippen LogP contribution in [0.2, 0.25) is 0 Å². The van der Waals surface area contributed by atoms with Crippen LogP contribution in [0.5, 0.6) is 0 Å². The van der Waals surface area contributed by atoms with Crippen LogP contribution in [-0.2, 0) is 0 Å². The van der Waals surface area contributed by atoms with Gasteiger partial charge in [-0.05, 0) is 31.9 Å². The molecular formula is C13H19N3O. The normalized spacial score (nSPS) is 19.6. The van der Waals surface area contributed by atoms with Crippen LogP contribution in [0.3, 0.4) is 0 Å². The van der Waals surface area contributed by atoms with Crippen molar-refractivity contribution in [2.24, 2.45) is 5.73 Å². The van der Waals surface area contributed by atoms with E-state index in [4.69, 9.17) is 11.1 Å². The van der Waals surface area contributed by atoms with Crippen molar-refractivity contribution in [1.82, 2.24) is 0 Å². The van der Waals surface area contributed by atoms with Gasteiger partial charge in [-0.25, -0.2) is 0 Å². The van der Waals surface area contributed by atoms with Crippen molar-refractivity contribution in [3.63, 3.8) is 0 Å². The Balaban J connectivity index is 2.40. The smallest absolute Gasteiger partial charge is 0.124 e. The molecule has 1 aliphatic heterocycles. The summed E-state index contributed by atoms with van der Waals surface area (Å²) in [6.07, 6.45) is 2.08. The van der Waals surface area contributed by atoms with Gasteiger partial charge in [-0.15, -0.1) is 0 Å². The first kappa shape index (κ1) is 11.9. The molecule has 1 saturated heterocycles. The number of aliphatic hydroxyl groups excluding tert-OH is 1. The number of nitrogens with one attached hydrogen (secondary N) is 1. The Morgan fingerprint density at radius 3 is 3.00 bits per heavy atom. The van der Waals surface area contributed by atoms with Gasteiger partial charge in [0.2, 0.25) is 0 Å². The molecule has 1 heterocycles. The molecule has 0 bridgehead atoms. The highest BCUT2D eigenvalue weighted by Crippen LogP contribution is 2.29. The van der Waals surface area contributed by atoms with E-state index in [1.807, 2.05) is 25.1 Å². The van der Waals surface area contributed by atoms with Crippen LogP contribution in [-0.4, -0.2) is 30.1 Å². The lowest BCUT2D eigenvalue weighted by Crippen LogP contribution is -2.33. The zero-order valence-corrected chi connectivity index (χ0v) is 10.1. The maximum Gasteiger partial charge on any atom is 0.124 e. The molecule has 1 fully saturated rings. The molecule has 1 aromatic carbocycles. The number of nitrogens with zero attached hydrogens (tertiary/aromatic N) is 1. The van der Waals surface area contributed by atoms with Crippen molar-refractivity contribution in [2.75, 3.05) is 18.1 Å². The SMILES string of the molecule is Cc1ccc(N2CCCC2CO)c(C(=N)N)c1. The van der Waals surface area contributed by atoms with E-state index in [0.717, 1.165) is 36.2 Å². The second kappa shape index (κ2) is 4.75. The Morgan fingerprint density at radius 2 is 2.35 bits per heavy atom. The number of hydrogen-bond donors (Lipinski definition) is 3. The number of aryl methyl sites for hydroxylation is 1. The summed E-state index contributed by atoms with van der Waals surface area (Å²) < 4.78 is 0. The average Bonchev–Trinajstić information content (AvgIpc) is 2.76. The fourth-order valence-electron chi connectivity index (χ4n) is 2.46. The fraction of sp³-hybridized carbons (Fsp3) is 0.462. The van der Waals surface area contributed by atoms with Crippen LogP contribution in [0.1, 0.15) is 24.0 Å². The first-order chi connectivity index (χ1) is 8.13. The van der Waals surface area contributed by atoms with Gasteiger partial charge in [0.15, 0.2) is 0 Å². The summed E-state index contributed by atoms with van der Waals surface area (Å²) in [6, 6.07) is 6.12. The predicted octanol–water partition coefficient (Wildman–Crippen LogP) is 1.24. The maximum atomic E-state index is 9.36. The highest BCUT2D eigenvalue weighted by molar-refractivity contribution is 6.00. The third-order valence-corrected chi connectivity index (χ3v) is 3.34. The lowest BCUT2D eigenvalue weighted by atomic mass is 10.1. The van der Waals surface area contributed by atoms with Crippen LogP contribution in [0.25, 0.3) is 0 Å². The first-order valence-corrected chi connectivity index (χ1v) is 5.96. The summed E-state index contributed by atoms with van der Waals surface area (Å²) in [5.74, 6) is 0.0901. The Labute approximate surface area is 102 Å². The molecule has 17 heavy (non-hydrogen) atoms. The van der Waals surface area contributed by atoms with Crippen LogP contribution < -0.4 is 10.6 Å². The van der Waals surface area contributed by atoms with Gasteiger partial charge in [0.25, 0.3) is 0 Å². The minimum absolute atomic E-state index is 0.0901. The quantitative estimate of drug-likeness (QED) is 0.543. The van der Waals surface area contributed by atoms with E-state index in [2.05, 4.69) is 4.90 Å². The lowest BCUT2D eigenvalue weighted by molar-refractivity contribution is 0.266. The molecule has 1 unspecified atom stereocenters. The van der Waals surface area contributed by atoms with Crippen molar-refractivity contribution in [3.05, 3.63) is 29.3 Å². The highest BCUT2D eigenvalue weighted by Gasteiger charge is 2.26. The first-order valence-electron chi connectivity index (χ1n) is 5.96. The Bertz CT molecular complexity index is 431. The number of amidine groups is 1. The Morgan fingerprint density at radius 1 is 1.59 bits per heavy atom. The largest absolute Gasteiger partial charge is 0.394 e. The fourth-order valence-corrected chi connectivity index (χ4v) is 2.46. The second-order valence-corrected chi connectivity index (χ2v) is 4.61. The number of benzene rings is 1. The molecule has 4 heteroatoms. The summed E-state index contributed by atoms with van der Waals surface area (Å²) in [5.41, 5.74) is 8.47. The summed E-state index contributed by atoms with van der Waals surface area (Å²) in [7, 11) is 0. The number of rotatable bonds is 3. The monoisotopic (exact) mass is 233 g/mol. The molecule has 1 atom stereocenters. The molecule has 0 aromatic heterocycles. The zero-order valence-electron chi connectivity index (χ0n) is 10.1. The van der Waals surface area contributed by atoms with Gasteiger partial charge in [0.05, 0.1) is 12.6 Å². The molecule has 4 nitrogen and oxygen atoms in total. The molecule has 2 rings (SSSR count). The maximum absolute atomic E-state index is 9.36. The highest BCUT2D eigenvalue weighted by atomic mass is 16.3. The van der Waals surface area contributed by atoms with Gasteiger partial charge >= 0.3 is 0 Å². The molecule has 4 N–H and O–H groups in total. The van der Waals surface area contributed by atoms with Gasteiger partial charge in [-0.2, -0.15) is 0 Å². The van der Waals surface area contributed by atoms with E-state index < -0.39 is 0 Å². The molecule has 0 aliphatic carbocycles. The van der Waals surface area contributed by atoms with Crippen LogP contribution in [0.15, 0.2) is 18.2 Å². The van der Waals surface area contributed by atoms with Crippen LogP contribution in [0, 0.1) is 12.3 Å². The number of anilines is 1. The molecule has 92 valence electrons. The summed E-state index contributed by atoms with van der Waals surface area (Å²) in [6.45, 7) is 3.07. The Kier molecular flexibility index (Phi) is 3.33. The topological polar surface area (TPSA) is 73.3 Å². The van der Waals surface area contributed by atoms with Gasteiger partial charge in [0.1, 0.15) is 5.84 Å². The molecule has 0 amide bonds. The number of nitrogens with two attached hydrogens (primary N) is 1. The van der Waals surface area contributed by atoms with E-state index in [1.165, 1.54) is 0 Å². The van der Waals surface area contributed by atoms with Crippen molar-refractivity contribution in [2.45, 2.75) is 25.8 Å².